The zero-order valence-electron chi connectivity index (χ0n) is 17.4. The predicted octanol–water partition coefficient (Wildman–Crippen LogP) is 4.32. The van der Waals surface area contributed by atoms with Crippen LogP contribution >= 0.6 is 0 Å². The monoisotopic (exact) mass is 375 g/mol. The second-order valence-corrected chi connectivity index (χ2v) is 7.42. The third-order valence-electron chi connectivity index (χ3n) is 5.35. The highest BCUT2D eigenvalue weighted by molar-refractivity contribution is 5.95. The first-order chi connectivity index (χ1) is 13.2. The molecule has 2 rings (SSSR count). The third kappa shape index (κ3) is 6.82. The Morgan fingerprint density at radius 2 is 1.93 bits per heavy atom. The van der Waals surface area contributed by atoms with Crippen molar-refractivity contribution in [3.8, 4) is 0 Å². The van der Waals surface area contributed by atoms with E-state index in [1.165, 1.54) is 31.2 Å². The molecule has 0 aromatic heterocycles. The van der Waals surface area contributed by atoms with Gasteiger partial charge in [0.1, 0.15) is 6.61 Å². The molecule has 27 heavy (non-hydrogen) atoms. The largest absolute Gasteiger partial charge is 0.382 e. The number of anilines is 2. The van der Waals surface area contributed by atoms with Crippen molar-refractivity contribution in [3.05, 3.63) is 23.8 Å². The Labute approximate surface area is 164 Å². The topological polar surface area (TPSA) is 53.6 Å². The first-order valence-corrected chi connectivity index (χ1v) is 10.6. The number of hydrogen-bond donors (Lipinski definition) is 2. The average Bonchev–Trinajstić information content (AvgIpc) is 2.67. The number of amides is 1. The minimum atomic E-state index is 0.0384. The van der Waals surface area contributed by atoms with Gasteiger partial charge in [0.05, 0.1) is 0 Å². The molecule has 1 aromatic rings. The molecule has 1 aliphatic rings. The molecule has 0 bridgehead atoms. The Morgan fingerprint density at radius 1 is 1.19 bits per heavy atom. The van der Waals surface area contributed by atoms with Gasteiger partial charge in [-0.25, -0.2) is 0 Å². The number of methoxy groups -OCH3 is 1. The highest BCUT2D eigenvalue weighted by Crippen LogP contribution is 2.27. The van der Waals surface area contributed by atoms with Crippen molar-refractivity contribution in [2.24, 2.45) is 0 Å². The van der Waals surface area contributed by atoms with Crippen LogP contribution in [0.1, 0.15) is 64.4 Å². The Morgan fingerprint density at radius 3 is 2.67 bits per heavy atom. The van der Waals surface area contributed by atoms with E-state index in [1.807, 2.05) is 4.90 Å². The van der Waals surface area contributed by atoms with Gasteiger partial charge in [0.2, 0.25) is 0 Å². The smallest absolute Gasteiger partial charge is 0.252 e. The number of rotatable bonds is 6. The van der Waals surface area contributed by atoms with E-state index in [4.69, 9.17) is 4.74 Å². The van der Waals surface area contributed by atoms with Gasteiger partial charge in [-0.3, -0.25) is 4.79 Å². The summed E-state index contributed by atoms with van der Waals surface area (Å²) in [6.45, 7) is 7.11. The lowest BCUT2D eigenvalue weighted by atomic mass is 10.1. The van der Waals surface area contributed by atoms with E-state index in [0.717, 1.165) is 50.3 Å². The molecule has 0 unspecified atom stereocenters. The molecule has 0 radical (unpaired) electrons. The van der Waals surface area contributed by atoms with Crippen LogP contribution in [0, 0.1) is 0 Å². The van der Waals surface area contributed by atoms with Crippen molar-refractivity contribution >= 4 is 17.3 Å². The number of hydrogen-bond acceptors (Lipinski definition) is 4. The molecule has 1 heterocycles. The molecule has 1 aliphatic heterocycles. The summed E-state index contributed by atoms with van der Waals surface area (Å²) >= 11 is 0. The van der Waals surface area contributed by atoms with Gasteiger partial charge in [0.25, 0.3) is 5.91 Å². The highest BCUT2D eigenvalue weighted by Gasteiger charge is 2.19. The number of carbonyl (C=O) groups is 1. The van der Waals surface area contributed by atoms with Gasteiger partial charge in [-0.05, 0) is 56.0 Å². The molecule has 1 amide bonds. The molecule has 152 valence electrons. The van der Waals surface area contributed by atoms with E-state index < -0.39 is 0 Å². The number of nitrogens with one attached hydrogen (secondary N) is 2. The lowest BCUT2D eigenvalue weighted by Crippen LogP contribution is -2.36. The van der Waals surface area contributed by atoms with Crippen LogP contribution < -0.4 is 15.5 Å². The molecule has 5 heteroatoms. The Balaban J connectivity index is 2.30. The fraction of sp³-hybridized carbons (Fsp3) is 0.682. The van der Waals surface area contributed by atoms with Gasteiger partial charge in [0.15, 0.2) is 0 Å². The summed E-state index contributed by atoms with van der Waals surface area (Å²) in [5, 5.41) is 7.19. The van der Waals surface area contributed by atoms with E-state index in [1.54, 1.807) is 7.11 Å². The third-order valence-corrected chi connectivity index (χ3v) is 5.35. The van der Waals surface area contributed by atoms with Crippen molar-refractivity contribution < 1.29 is 9.53 Å². The quantitative estimate of drug-likeness (QED) is 0.777. The van der Waals surface area contributed by atoms with Crippen molar-refractivity contribution in [2.45, 2.75) is 71.4 Å². The van der Waals surface area contributed by atoms with Crippen LogP contribution in [-0.4, -0.2) is 38.8 Å². The van der Waals surface area contributed by atoms with Crippen molar-refractivity contribution in [3.63, 3.8) is 0 Å². The van der Waals surface area contributed by atoms with Crippen LogP contribution in [0.25, 0.3) is 0 Å². The first kappa shape index (κ1) is 21.7. The molecule has 5 nitrogen and oxygen atoms in total. The van der Waals surface area contributed by atoms with Crippen molar-refractivity contribution in [2.75, 3.05) is 37.0 Å². The molecular formula is C22H37N3O2. The summed E-state index contributed by atoms with van der Waals surface area (Å²) in [6, 6.07) is 6.89. The van der Waals surface area contributed by atoms with Crippen LogP contribution in [0.15, 0.2) is 18.2 Å². The molecule has 0 spiro atoms. The summed E-state index contributed by atoms with van der Waals surface area (Å²) in [5.41, 5.74) is 3.33. The summed E-state index contributed by atoms with van der Waals surface area (Å²) in [4.78, 5) is 14.6. The fourth-order valence-corrected chi connectivity index (χ4v) is 3.66. The molecule has 0 atom stereocenters. The van der Waals surface area contributed by atoms with E-state index >= 15 is 0 Å². The van der Waals surface area contributed by atoms with Crippen LogP contribution in [0.5, 0.6) is 0 Å². The van der Waals surface area contributed by atoms with Crippen LogP contribution in [0.3, 0.4) is 0 Å². The maximum Gasteiger partial charge on any atom is 0.252 e. The Hall–Kier alpha value is -1.59. The Kier molecular flexibility index (Phi) is 9.64. The maximum atomic E-state index is 12.7. The SMILES string of the molecule is CCC(CC)Nc1ccc2c(c1)CNCCCCCCCN2C(=O)COC. The second-order valence-electron chi connectivity index (χ2n) is 7.42. The van der Waals surface area contributed by atoms with E-state index in [2.05, 4.69) is 42.7 Å². The molecular weight excluding hydrogens is 338 g/mol. The summed E-state index contributed by atoms with van der Waals surface area (Å²) < 4.78 is 5.13. The minimum Gasteiger partial charge on any atom is -0.382 e. The Bertz CT molecular complexity index is 573. The lowest BCUT2D eigenvalue weighted by molar-refractivity contribution is -0.122. The van der Waals surface area contributed by atoms with E-state index in [9.17, 15) is 4.79 Å². The van der Waals surface area contributed by atoms with Gasteiger partial charge >= 0.3 is 0 Å². The van der Waals surface area contributed by atoms with Gasteiger partial charge in [-0.1, -0.05) is 33.1 Å². The van der Waals surface area contributed by atoms with Gasteiger partial charge in [0, 0.05) is 37.6 Å². The lowest BCUT2D eigenvalue weighted by Gasteiger charge is -2.27. The number of carbonyl (C=O) groups excluding carboxylic acids is 1. The van der Waals surface area contributed by atoms with Gasteiger partial charge < -0.3 is 20.3 Å². The molecule has 0 aliphatic carbocycles. The number of nitrogens with zero attached hydrogens (tertiary/aromatic N) is 1. The normalized spacial score (nSPS) is 16.4. The minimum absolute atomic E-state index is 0.0384. The number of ether oxygens (including phenoxy) is 1. The molecule has 0 fully saturated rings. The average molecular weight is 376 g/mol. The van der Waals surface area contributed by atoms with E-state index in [0.29, 0.717) is 6.04 Å². The van der Waals surface area contributed by atoms with Crippen LogP contribution in [0.4, 0.5) is 11.4 Å². The fourth-order valence-electron chi connectivity index (χ4n) is 3.66. The number of benzene rings is 1. The van der Waals surface area contributed by atoms with Crippen molar-refractivity contribution in [1.82, 2.24) is 5.32 Å². The van der Waals surface area contributed by atoms with Crippen LogP contribution in [0.2, 0.25) is 0 Å². The standard InChI is InChI=1S/C22H37N3O2/c1-4-19(5-2)24-20-11-12-21-18(15-20)16-23-13-9-7-6-8-10-14-25(21)22(26)17-27-3/h11-12,15,19,23-24H,4-10,13-14,16-17H2,1-3H3. The number of fused-ring (bicyclic) bond motifs is 1. The van der Waals surface area contributed by atoms with Gasteiger partial charge in [-0.2, -0.15) is 0 Å². The zero-order valence-corrected chi connectivity index (χ0v) is 17.4. The maximum absolute atomic E-state index is 12.7. The second kappa shape index (κ2) is 12.0. The molecule has 1 aromatic carbocycles. The van der Waals surface area contributed by atoms with Crippen molar-refractivity contribution in [1.29, 1.82) is 0 Å². The zero-order chi connectivity index (χ0) is 19.5. The van der Waals surface area contributed by atoms with Gasteiger partial charge in [-0.15, -0.1) is 0 Å². The highest BCUT2D eigenvalue weighted by atomic mass is 16.5. The summed E-state index contributed by atoms with van der Waals surface area (Å²) in [7, 11) is 1.58. The predicted molar refractivity (Wildman–Crippen MR) is 113 cm³/mol. The molecule has 2 N–H and O–H groups in total. The first-order valence-electron chi connectivity index (χ1n) is 10.6. The molecule has 0 saturated carbocycles. The van der Waals surface area contributed by atoms with E-state index in [-0.39, 0.29) is 12.5 Å². The molecule has 0 saturated heterocycles. The van der Waals surface area contributed by atoms with Crippen LogP contribution in [-0.2, 0) is 16.1 Å². The summed E-state index contributed by atoms with van der Waals surface area (Å²) in [5.74, 6) is 0.0384. The summed E-state index contributed by atoms with van der Waals surface area (Å²) in [6.07, 6.45) is 8.11.